The normalized spacial score (nSPS) is 11.0. The van der Waals surface area contributed by atoms with Gasteiger partial charge in [-0.05, 0) is 46.7 Å². The number of rotatable bonds is 8. The van der Waals surface area contributed by atoms with Crippen LogP contribution in [0.5, 0.6) is 5.75 Å². The fourth-order valence-corrected chi connectivity index (χ4v) is 4.12. The van der Waals surface area contributed by atoms with Crippen LogP contribution in [0.3, 0.4) is 0 Å². The van der Waals surface area contributed by atoms with E-state index in [4.69, 9.17) is 16.3 Å². The molecule has 0 aliphatic rings. The second-order valence-corrected chi connectivity index (χ2v) is 8.47. The van der Waals surface area contributed by atoms with Crippen molar-refractivity contribution in [3.63, 3.8) is 0 Å². The number of ether oxygens (including phenoxy) is 1. The molecule has 1 N–H and O–H groups in total. The highest BCUT2D eigenvalue weighted by Gasteiger charge is 2.06. The molecule has 4 aromatic carbocycles. The quantitative estimate of drug-likeness (QED) is 0.190. The lowest BCUT2D eigenvalue weighted by molar-refractivity contribution is -0.118. The Morgan fingerprint density at radius 2 is 1.69 bits per heavy atom. The Morgan fingerprint density at radius 1 is 0.938 bits per heavy atom. The molecule has 4 nitrogen and oxygen atoms in total. The summed E-state index contributed by atoms with van der Waals surface area (Å²) in [4.78, 5) is 13.4. The summed E-state index contributed by atoms with van der Waals surface area (Å²) in [7, 11) is 0. The van der Waals surface area contributed by atoms with E-state index in [1.807, 2.05) is 72.8 Å². The van der Waals surface area contributed by atoms with E-state index in [0.717, 1.165) is 26.8 Å². The third-order valence-electron chi connectivity index (χ3n) is 4.73. The van der Waals surface area contributed by atoms with Crippen molar-refractivity contribution < 1.29 is 9.53 Å². The number of nitrogens with zero attached hydrogens (tertiary/aromatic N) is 1. The van der Waals surface area contributed by atoms with Gasteiger partial charge in [-0.2, -0.15) is 5.10 Å². The standard InChI is InChI=1S/C26H21ClN2O2S/c27-22-14-12-19(13-15-22)17-31-24-10-4-2-7-21(24)16-28-29-26(30)18-32-25-11-5-8-20-6-1-3-9-23(20)25/h1-16H,17-18H2,(H,29,30). The minimum absolute atomic E-state index is 0.168. The first kappa shape index (κ1) is 21.9. The fourth-order valence-electron chi connectivity index (χ4n) is 3.13. The Labute approximate surface area is 196 Å². The molecule has 0 fully saturated rings. The van der Waals surface area contributed by atoms with E-state index < -0.39 is 0 Å². The average molecular weight is 461 g/mol. The summed E-state index contributed by atoms with van der Waals surface area (Å²) in [5.41, 5.74) is 4.39. The monoisotopic (exact) mass is 460 g/mol. The van der Waals surface area contributed by atoms with E-state index in [2.05, 4.69) is 28.7 Å². The van der Waals surface area contributed by atoms with Crippen LogP contribution >= 0.6 is 23.4 Å². The minimum Gasteiger partial charge on any atom is -0.488 e. The molecule has 0 bridgehead atoms. The Balaban J connectivity index is 1.32. The van der Waals surface area contributed by atoms with Gasteiger partial charge in [-0.1, -0.05) is 72.3 Å². The zero-order valence-electron chi connectivity index (χ0n) is 17.2. The number of halogens is 1. The first-order chi connectivity index (χ1) is 15.7. The summed E-state index contributed by atoms with van der Waals surface area (Å²) < 4.78 is 5.92. The van der Waals surface area contributed by atoms with Gasteiger partial charge in [0, 0.05) is 15.5 Å². The molecular weight excluding hydrogens is 440 g/mol. The van der Waals surface area contributed by atoms with Crippen LogP contribution in [0.15, 0.2) is 101 Å². The number of fused-ring (bicyclic) bond motifs is 1. The number of hydrogen-bond acceptors (Lipinski definition) is 4. The SMILES string of the molecule is O=C(CSc1cccc2ccccc12)NN=Cc1ccccc1OCc1ccc(Cl)cc1. The van der Waals surface area contributed by atoms with Crippen LogP contribution in [0, 0.1) is 0 Å². The van der Waals surface area contributed by atoms with Crippen molar-refractivity contribution in [2.75, 3.05) is 5.75 Å². The van der Waals surface area contributed by atoms with Gasteiger partial charge in [-0.25, -0.2) is 5.43 Å². The second kappa shape index (κ2) is 10.8. The lowest BCUT2D eigenvalue weighted by Gasteiger charge is -2.09. The first-order valence-corrected chi connectivity index (χ1v) is 11.4. The molecule has 0 spiro atoms. The Hall–Kier alpha value is -3.28. The van der Waals surface area contributed by atoms with Crippen molar-refractivity contribution in [1.82, 2.24) is 5.43 Å². The van der Waals surface area contributed by atoms with Crippen molar-refractivity contribution in [1.29, 1.82) is 0 Å². The van der Waals surface area contributed by atoms with Gasteiger partial charge in [0.25, 0.3) is 0 Å². The van der Waals surface area contributed by atoms with Crippen LogP contribution in [0.1, 0.15) is 11.1 Å². The smallest absolute Gasteiger partial charge is 0.250 e. The van der Waals surface area contributed by atoms with Gasteiger partial charge >= 0.3 is 0 Å². The molecule has 0 saturated carbocycles. The van der Waals surface area contributed by atoms with Crippen LogP contribution in [-0.2, 0) is 11.4 Å². The molecule has 0 aliphatic heterocycles. The maximum atomic E-state index is 12.3. The summed E-state index contributed by atoms with van der Waals surface area (Å²) >= 11 is 7.42. The first-order valence-electron chi connectivity index (χ1n) is 10.1. The van der Waals surface area contributed by atoms with Gasteiger partial charge in [0.15, 0.2) is 0 Å². The molecule has 160 valence electrons. The fraction of sp³-hybridized carbons (Fsp3) is 0.0769. The summed E-state index contributed by atoms with van der Waals surface area (Å²) in [5, 5.41) is 7.10. The molecule has 0 saturated heterocycles. The predicted octanol–water partition coefficient (Wildman–Crippen LogP) is 6.31. The van der Waals surface area contributed by atoms with Gasteiger partial charge < -0.3 is 4.74 Å². The highest BCUT2D eigenvalue weighted by Crippen LogP contribution is 2.27. The number of thioether (sulfide) groups is 1. The maximum absolute atomic E-state index is 12.3. The largest absolute Gasteiger partial charge is 0.488 e. The average Bonchev–Trinajstić information content (AvgIpc) is 2.83. The zero-order valence-corrected chi connectivity index (χ0v) is 18.8. The van der Waals surface area contributed by atoms with Crippen LogP contribution < -0.4 is 10.2 Å². The van der Waals surface area contributed by atoms with E-state index in [1.165, 1.54) is 11.8 Å². The van der Waals surface area contributed by atoms with Crippen molar-refractivity contribution in [2.45, 2.75) is 11.5 Å². The molecule has 0 aliphatic carbocycles. The summed E-state index contributed by atoms with van der Waals surface area (Å²) in [6.45, 7) is 0.413. The zero-order chi connectivity index (χ0) is 22.2. The summed E-state index contributed by atoms with van der Waals surface area (Å²) in [6.07, 6.45) is 1.59. The Bertz CT molecular complexity index is 1240. The lowest BCUT2D eigenvalue weighted by Crippen LogP contribution is -2.19. The van der Waals surface area contributed by atoms with Gasteiger partial charge in [-0.3, -0.25) is 4.79 Å². The van der Waals surface area contributed by atoms with Gasteiger partial charge in [0.2, 0.25) is 5.91 Å². The molecule has 0 unspecified atom stereocenters. The molecule has 6 heteroatoms. The van der Waals surface area contributed by atoms with Crippen LogP contribution in [0.4, 0.5) is 0 Å². The maximum Gasteiger partial charge on any atom is 0.250 e. The molecule has 4 rings (SSSR count). The molecule has 32 heavy (non-hydrogen) atoms. The number of benzene rings is 4. The number of nitrogens with one attached hydrogen (secondary N) is 1. The topological polar surface area (TPSA) is 50.7 Å². The number of carbonyl (C=O) groups excluding carboxylic acids is 1. The van der Waals surface area contributed by atoms with Gasteiger partial charge in [0.1, 0.15) is 12.4 Å². The summed E-state index contributed by atoms with van der Waals surface area (Å²) in [5.74, 6) is 0.796. The number of hydrogen-bond donors (Lipinski definition) is 1. The van der Waals surface area contributed by atoms with Gasteiger partial charge in [-0.15, -0.1) is 11.8 Å². The highest BCUT2D eigenvalue weighted by atomic mass is 35.5. The number of amides is 1. The molecule has 0 radical (unpaired) electrons. The second-order valence-electron chi connectivity index (χ2n) is 7.01. The summed E-state index contributed by atoms with van der Waals surface area (Å²) in [6, 6.07) is 29.3. The van der Waals surface area contributed by atoms with Crippen molar-refractivity contribution in [3.8, 4) is 5.75 Å². The third-order valence-corrected chi connectivity index (χ3v) is 6.05. The van der Waals surface area contributed by atoms with E-state index >= 15 is 0 Å². The number of para-hydroxylation sites is 1. The van der Waals surface area contributed by atoms with Crippen molar-refractivity contribution in [2.24, 2.45) is 5.10 Å². The molecule has 0 aromatic heterocycles. The van der Waals surface area contributed by atoms with Crippen molar-refractivity contribution >= 4 is 46.3 Å². The van der Waals surface area contributed by atoms with E-state index in [-0.39, 0.29) is 11.7 Å². The van der Waals surface area contributed by atoms with Crippen LogP contribution in [0.2, 0.25) is 5.02 Å². The lowest BCUT2D eigenvalue weighted by atomic mass is 10.1. The number of carbonyl (C=O) groups is 1. The minimum atomic E-state index is -0.168. The third kappa shape index (κ3) is 5.90. The molecule has 4 aromatic rings. The molecule has 0 atom stereocenters. The Morgan fingerprint density at radius 3 is 2.56 bits per heavy atom. The molecular formula is C26H21ClN2O2S. The van der Waals surface area contributed by atoms with E-state index in [1.54, 1.807) is 6.21 Å². The Kier molecular flexibility index (Phi) is 7.43. The highest BCUT2D eigenvalue weighted by molar-refractivity contribution is 8.00. The van der Waals surface area contributed by atoms with Crippen molar-refractivity contribution in [3.05, 3.63) is 107 Å². The van der Waals surface area contributed by atoms with E-state index in [0.29, 0.717) is 17.4 Å². The predicted molar refractivity (Wildman–Crippen MR) is 133 cm³/mol. The molecule has 1 amide bonds. The number of hydrazone groups is 1. The van der Waals surface area contributed by atoms with E-state index in [9.17, 15) is 4.79 Å². The van der Waals surface area contributed by atoms with Crippen LogP contribution in [0.25, 0.3) is 10.8 Å². The molecule has 0 heterocycles. The van der Waals surface area contributed by atoms with Crippen LogP contribution in [-0.4, -0.2) is 17.9 Å². The van der Waals surface area contributed by atoms with Gasteiger partial charge in [0.05, 0.1) is 12.0 Å².